The minimum absolute atomic E-state index is 0.122. The zero-order chi connectivity index (χ0) is 14.3. The number of hydrogen-bond donors (Lipinski definition) is 1. The van der Waals surface area contributed by atoms with Crippen molar-refractivity contribution in [2.75, 3.05) is 13.2 Å². The maximum Gasteiger partial charge on any atom is 0.0738 e. The van der Waals surface area contributed by atoms with E-state index >= 15 is 0 Å². The van der Waals surface area contributed by atoms with Crippen LogP contribution in [0.1, 0.15) is 37.6 Å². The fourth-order valence-electron chi connectivity index (χ4n) is 3.53. The quantitative estimate of drug-likeness (QED) is 0.894. The van der Waals surface area contributed by atoms with Gasteiger partial charge in [-0.1, -0.05) is 0 Å². The summed E-state index contributed by atoms with van der Waals surface area (Å²) in [6.07, 6.45) is 4.52. The minimum Gasteiger partial charge on any atom is -0.396 e. The molecule has 2 heterocycles. The summed E-state index contributed by atoms with van der Waals surface area (Å²) in [6, 6.07) is 0. The molecule has 0 bridgehead atoms. The van der Waals surface area contributed by atoms with Crippen molar-refractivity contribution in [3.63, 3.8) is 0 Å². The highest BCUT2D eigenvalue weighted by atomic mass is 79.9. The Balaban J connectivity index is 1.91. The molecule has 1 aromatic heterocycles. The number of aryl methyl sites for hydroxylation is 2. The molecule has 0 radical (unpaired) electrons. The number of aliphatic hydroxyl groups excluding tert-OH is 1. The smallest absolute Gasteiger partial charge is 0.0738 e. The molecule has 2 atom stereocenters. The van der Waals surface area contributed by atoms with Crippen LogP contribution in [-0.4, -0.2) is 34.2 Å². The number of hydrogen-bond acceptors (Lipinski definition) is 3. The third-order valence-electron chi connectivity index (χ3n) is 4.84. The summed E-state index contributed by atoms with van der Waals surface area (Å²) in [4.78, 5) is 0. The number of halogens is 1. The van der Waals surface area contributed by atoms with E-state index in [0.29, 0.717) is 5.92 Å². The van der Waals surface area contributed by atoms with Crippen LogP contribution in [0.4, 0.5) is 0 Å². The van der Waals surface area contributed by atoms with Gasteiger partial charge in [0.15, 0.2) is 0 Å². The summed E-state index contributed by atoms with van der Waals surface area (Å²) < 4.78 is 9.12. The Morgan fingerprint density at radius 3 is 2.85 bits per heavy atom. The minimum atomic E-state index is -0.122. The first-order valence-electron chi connectivity index (χ1n) is 7.55. The van der Waals surface area contributed by atoms with E-state index in [2.05, 4.69) is 32.6 Å². The van der Waals surface area contributed by atoms with E-state index in [1.807, 2.05) is 6.92 Å². The summed E-state index contributed by atoms with van der Waals surface area (Å²) in [5.74, 6) is 0.655. The van der Waals surface area contributed by atoms with Crippen LogP contribution in [0.25, 0.3) is 0 Å². The molecule has 1 saturated carbocycles. The van der Waals surface area contributed by atoms with E-state index in [1.54, 1.807) is 0 Å². The summed E-state index contributed by atoms with van der Waals surface area (Å²) in [5, 5.41) is 14.6. The molecule has 1 aromatic rings. The molecule has 2 unspecified atom stereocenters. The van der Waals surface area contributed by atoms with Gasteiger partial charge in [-0.05, 0) is 55.0 Å². The highest BCUT2D eigenvalue weighted by Gasteiger charge is 2.51. The molecule has 5 heteroatoms. The number of aromatic nitrogens is 2. The van der Waals surface area contributed by atoms with Crippen LogP contribution in [0.15, 0.2) is 4.47 Å². The van der Waals surface area contributed by atoms with Crippen molar-refractivity contribution >= 4 is 15.9 Å². The predicted octanol–water partition coefficient (Wildman–Crippen LogP) is 2.69. The monoisotopic (exact) mass is 342 g/mol. The van der Waals surface area contributed by atoms with Crippen molar-refractivity contribution in [1.82, 2.24) is 9.78 Å². The zero-order valence-electron chi connectivity index (χ0n) is 12.2. The maximum absolute atomic E-state index is 10.1. The first kappa shape index (κ1) is 14.5. The lowest BCUT2D eigenvalue weighted by Gasteiger charge is -2.32. The van der Waals surface area contributed by atoms with Gasteiger partial charge in [0.1, 0.15) is 0 Å². The molecule has 1 saturated heterocycles. The Hall–Kier alpha value is -0.390. The molecule has 4 nitrogen and oxygen atoms in total. The van der Waals surface area contributed by atoms with E-state index < -0.39 is 0 Å². The van der Waals surface area contributed by atoms with Gasteiger partial charge in [0, 0.05) is 25.0 Å². The summed E-state index contributed by atoms with van der Waals surface area (Å²) >= 11 is 3.67. The topological polar surface area (TPSA) is 47.3 Å². The summed E-state index contributed by atoms with van der Waals surface area (Å²) in [6.45, 7) is 5.97. The first-order valence-corrected chi connectivity index (χ1v) is 8.35. The van der Waals surface area contributed by atoms with E-state index in [-0.39, 0.29) is 18.1 Å². The second-order valence-corrected chi connectivity index (χ2v) is 7.03. The Labute approximate surface area is 128 Å². The predicted molar refractivity (Wildman–Crippen MR) is 80.6 cm³/mol. The van der Waals surface area contributed by atoms with Gasteiger partial charge in [-0.2, -0.15) is 5.10 Å². The average molecular weight is 343 g/mol. The van der Waals surface area contributed by atoms with Gasteiger partial charge in [-0.3, -0.25) is 4.68 Å². The molecule has 1 aliphatic carbocycles. The van der Waals surface area contributed by atoms with E-state index in [1.165, 1.54) is 18.5 Å². The molecule has 0 spiro atoms. The number of rotatable bonds is 5. The highest BCUT2D eigenvalue weighted by molar-refractivity contribution is 9.10. The second-order valence-electron chi connectivity index (χ2n) is 6.24. The molecule has 20 heavy (non-hydrogen) atoms. The molecule has 0 aromatic carbocycles. The normalized spacial score (nSPS) is 30.1. The van der Waals surface area contributed by atoms with Crippen molar-refractivity contribution in [3.05, 3.63) is 15.9 Å². The fourth-order valence-corrected chi connectivity index (χ4v) is 3.95. The van der Waals surface area contributed by atoms with E-state index in [9.17, 15) is 5.11 Å². The second kappa shape index (κ2) is 5.43. The van der Waals surface area contributed by atoms with Crippen LogP contribution in [0.2, 0.25) is 0 Å². The third kappa shape index (κ3) is 2.34. The first-order chi connectivity index (χ1) is 9.61. The lowest BCUT2D eigenvalue weighted by atomic mass is 9.76. The third-order valence-corrected chi connectivity index (χ3v) is 5.87. The van der Waals surface area contributed by atoms with E-state index in [4.69, 9.17) is 4.74 Å². The lowest BCUT2D eigenvalue weighted by molar-refractivity contribution is -0.000480. The molecule has 1 N–H and O–H groups in total. The van der Waals surface area contributed by atoms with Crippen LogP contribution in [0.3, 0.4) is 0 Å². The maximum atomic E-state index is 10.1. The number of aliphatic hydroxyl groups is 1. The van der Waals surface area contributed by atoms with Crippen molar-refractivity contribution in [2.24, 2.45) is 11.3 Å². The van der Waals surface area contributed by atoms with Gasteiger partial charge in [0.25, 0.3) is 0 Å². The van der Waals surface area contributed by atoms with Crippen molar-refractivity contribution in [3.8, 4) is 0 Å². The van der Waals surface area contributed by atoms with Crippen LogP contribution in [-0.2, 0) is 17.7 Å². The SMILES string of the molecule is CCn1nc(C)c(Br)c1CC1(CO)CCOC1C1CC1. The Morgan fingerprint density at radius 1 is 1.50 bits per heavy atom. The average Bonchev–Trinajstić information content (AvgIpc) is 3.16. The van der Waals surface area contributed by atoms with Gasteiger partial charge in [0.05, 0.1) is 28.6 Å². The molecule has 0 amide bonds. The zero-order valence-corrected chi connectivity index (χ0v) is 13.8. The Morgan fingerprint density at radius 2 is 2.25 bits per heavy atom. The molecule has 3 rings (SSSR count). The van der Waals surface area contributed by atoms with Gasteiger partial charge < -0.3 is 9.84 Å². The molecule has 2 aliphatic rings. The molecular formula is C15H23BrN2O2. The number of nitrogens with zero attached hydrogens (tertiary/aromatic N) is 2. The lowest BCUT2D eigenvalue weighted by Crippen LogP contribution is -2.39. The van der Waals surface area contributed by atoms with E-state index in [0.717, 1.165) is 36.2 Å². The Kier molecular flexibility index (Phi) is 3.95. The van der Waals surface area contributed by atoms with Gasteiger partial charge >= 0.3 is 0 Å². The molecular weight excluding hydrogens is 320 g/mol. The fraction of sp³-hybridized carbons (Fsp3) is 0.800. The van der Waals surface area contributed by atoms with Crippen LogP contribution in [0.5, 0.6) is 0 Å². The Bertz CT molecular complexity index is 498. The van der Waals surface area contributed by atoms with Crippen LogP contribution < -0.4 is 0 Å². The summed E-state index contributed by atoms with van der Waals surface area (Å²) in [7, 11) is 0. The molecule has 1 aliphatic heterocycles. The van der Waals surface area contributed by atoms with Crippen molar-refractivity contribution in [1.29, 1.82) is 0 Å². The van der Waals surface area contributed by atoms with Gasteiger partial charge in [-0.15, -0.1) is 0 Å². The number of ether oxygens (including phenoxy) is 1. The van der Waals surface area contributed by atoms with Crippen LogP contribution in [0, 0.1) is 18.3 Å². The molecule has 112 valence electrons. The highest BCUT2D eigenvalue weighted by Crippen LogP contribution is 2.49. The van der Waals surface area contributed by atoms with Crippen molar-refractivity contribution in [2.45, 2.75) is 52.2 Å². The van der Waals surface area contributed by atoms with Gasteiger partial charge in [-0.25, -0.2) is 0 Å². The largest absolute Gasteiger partial charge is 0.396 e. The molecule has 2 fully saturated rings. The standard InChI is InChI=1S/C15H23BrN2O2/c1-3-18-12(13(16)10(2)17-18)8-15(9-19)6-7-20-14(15)11-4-5-11/h11,14,19H,3-9H2,1-2H3. The van der Waals surface area contributed by atoms with Crippen LogP contribution >= 0.6 is 15.9 Å². The van der Waals surface area contributed by atoms with Gasteiger partial charge in [0.2, 0.25) is 0 Å². The summed E-state index contributed by atoms with van der Waals surface area (Å²) in [5.41, 5.74) is 2.11. The van der Waals surface area contributed by atoms with Crippen molar-refractivity contribution < 1.29 is 9.84 Å².